The van der Waals surface area contributed by atoms with Crippen LogP contribution in [0.2, 0.25) is 0 Å². The number of nitrogens with one attached hydrogen (secondary N) is 1. The summed E-state index contributed by atoms with van der Waals surface area (Å²) in [4.78, 5) is 22.2. The van der Waals surface area contributed by atoms with Gasteiger partial charge in [0.2, 0.25) is 5.91 Å². The molecule has 9 heteroatoms. The van der Waals surface area contributed by atoms with Gasteiger partial charge < -0.3 is 19.6 Å². The lowest BCUT2D eigenvalue weighted by Crippen LogP contribution is -2.35. The zero-order chi connectivity index (χ0) is 24.1. The van der Waals surface area contributed by atoms with E-state index in [2.05, 4.69) is 10.1 Å². The minimum absolute atomic E-state index is 0.0268. The van der Waals surface area contributed by atoms with Crippen molar-refractivity contribution in [3.05, 3.63) is 29.8 Å². The molecule has 1 N–H and O–H groups in total. The summed E-state index contributed by atoms with van der Waals surface area (Å²) in [7, 11) is 3.25. The number of carbonyl (C=O) groups is 2. The average molecular weight is 447 g/mol. The molecule has 6 nitrogen and oxygen atoms in total. The molecule has 1 aromatic carbocycles. The lowest BCUT2D eigenvalue weighted by atomic mass is 10.0. The first-order chi connectivity index (χ1) is 14.8. The van der Waals surface area contributed by atoms with Gasteiger partial charge in [0, 0.05) is 33.1 Å². The van der Waals surface area contributed by atoms with Crippen molar-refractivity contribution in [2.45, 2.75) is 64.6 Å². The van der Waals surface area contributed by atoms with Crippen molar-refractivity contribution in [1.82, 2.24) is 5.32 Å². The first-order valence-electron chi connectivity index (χ1n) is 10.0. The predicted octanol–water partition coefficient (Wildman–Crippen LogP) is 4.62. The fourth-order valence-electron chi connectivity index (χ4n) is 2.31. The van der Waals surface area contributed by atoms with Crippen LogP contribution in [0, 0.1) is 11.3 Å². The molecule has 0 aromatic heterocycles. The number of ether oxygens (including phenoxy) is 2. The van der Waals surface area contributed by atoms with E-state index in [1.54, 1.807) is 38.5 Å². The quantitative estimate of drug-likeness (QED) is 0.396. The summed E-state index contributed by atoms with van der Waals surface area (Å²) in [6, 6.07) is 8.32. The lowest BCUT2D eigenvalue weighted by Gasteiger charge is -2.16. The Labute approximate surface area is 182 Å². The number of amides is 1. The number of aldehydes is 1. The summed E-state index contributed by atoms with van der Waals surface area (Å²) in [5.41, 5.74) is 0.878. The summed E-state index contributed by atoms with van der Waals surface area (Å²) in [5.74, 6) is 0.0474. The second-order valence-corrected chi connectivity index (χ2v) is 6.16. The number of hydrogen-bond acceptors (Lipinski definition) is 5. The smallest absolute Gasteiger partial charge is 0.389 e. The Bertz CT molecular complexity index is 646. The van der Waals surface area contributed by atoms with Crippen molar-refractivity contribution in [3.8, 4) is 11.8 Å². The number of halogens is 3. The summed E-state index contributed by atoms with van der Waals surface area (Å²) in [5, 5.41) is 11.1. The number of carbonyl (C=O) groups excluding carboxylic acids is 2. The van der Waals surface area contributed by atoms with Crippen molar-refractivity contribution in [2.75, 3.05) is 20.8 Å². The fraction of sp³-hybridized carbons (Fsp3) is 0.591. The molecule has 1 aromatic rings. The lowest BCUT2D eigenvalue weighted by molar-refractivity contribution is -0.136. The Morgan fingerprint density at radius 2 is 1.94 bits per heavy atom. The van der Waals surface area contributed by atoms with E-state index in [1.807, 2.05) is 19.9 Å². The van der Waals surface area contributed by atoms with Crippen LogP contribution in [-0.4, -0.2) is 45.2 Å². The van der Waals surface area contributed by atoms with Gasteiger partial charge in [-0.3, -0.25) is 4.79 Å². The number of alkyl halides is 3. The molecule has 1 rings (SSSR count). The molecular weight excluding hydrogens is 413 g/mol. The summed E-state index contributed by atoms with van der Waals surface area (Å²) < 4.78 is 45.9. The van der Waals surface area contributed by atoms with E-state index in [9.17, 15) is 22.8 Å². The van der Waals surface area contributed by atoms with E-state index in [0.29, 0.717) is 24.9 Å². The van der Waals surface area contributed by atoms with Crippen molar-refractivity contribution in [1.29, 1.82) is 5.26 Å². The summed E-state index contributed by atoms with van der Waals surface area (Å²) in [6.45, 7) is 3.97. The van der Waals surface area contributed by atoms with Gasteiger partial charge in [0.05, 0.1) is 12.7 Å². The molecule has 0 saturated heterocycles. The SMILES string of the molecule is CC.COC.N#CCC(=O)N[C@H](CC=O)CCc1cccc(OCCCC(F)(F)F)c1. The molecule has 0 radical (unpaired) electrons. The molecule has 0 aliphatic rings. The predicted molar refractivity (Wildman–Crippen MR) is 113 cm³/mol. The van der Waals surface area contributed by atoms with Gasteiger partial charge in [-0.2, -0.15) is 18.4 Å². The van der Waals surface area contributed by atoms with Gasteiger partial charge in [-0.25, -0.2) is 0 Å². The highest BCUT2D eigenvalue weighted by atomic mass is 19.4. The number of rotatable bonds is 11. The molecule has 0 heterocycles. The van der Waals surface area contributed by atoms with E-state index in [-0.39, 0.29) is 31.9 Å². The van der Waals surface area contributed by atoms with Crippen LogP contribution in [-0.2, 0) is 20.7 Å². The van der Waals surface area contributed by atoms with E-state index in [0.717, 1.165) is 5.56 Å². The van der Waals surface area contributed by atoms with Crippen molar-refractivity contribution in [3.63, 3.8) is 0 Å². The zero-order valence-corrected chi connectivity index (χ0v) is 18.6. The molecule has 0 aliphatic heterocycles. The number of nitriles is 1. The van der Waals surface area contributed by atoms with E-state index < -0.39 is 18.5 Å². The Hall–Kier alpha value is -2.60. The fourth-order valence-corrected chi connectivity index (χ4v) is 2.31. The second kappa shape index (κ2) is 19.4. The highest BCUT2D eigenvalue weighted by Crippen LogP contribution is 2.22. The van der Waals surface area contributed by atoms with Crippen LogP contribution in [0.15, 0.2) is 24.3 Å². The zero-order valence-electron chi connectivity index (χ0n) is 18.6. The van der Waals surface area contributed by atoms with Gasteiger partial charge in [-0.1, -0.05) is 26.0 Å². The number of benzene rings is 1. The van der Waals surface area contributed by atoms with E-state index in [4.69, 9.17) is 10.00 Å². The molecule has 1 amide bonds. The minimum atomic E-state index is -4.19. The molecule has 0 aliphatic carbocycles. The maximum atomic E-state index is 12.1. The normalized spacial score (nSPS) is 10.9. The van der Waals surface area contributed by atoms with Gasteiger partial charge in [0.25, 0.3) is 0 Å². The number of nitrogens with zero attached hydrogens (tertiary/aromatic N) is 1. The van der Waals surface area contributed by atoms with Crippen LogP contribution in [0.1, 0.15) is 51.5 Å². The second-order valence-electron chi connectivity index (χ2n) is 6.16. The third-order valence-corrected chi connectivity index (χ3v) is 3.54. The first-order valence-corrected chi connectivity index (χ1v) is 10.0. The van der Waals surface area contributed by atoms with Gasteiger partial charge in [0.1, 0.15) is 18.5 Å². The number of aryl methyl sites for hydroxylation is 1. The van der Waals surface area contributed by atoms with E-state index >= 15 is 0 Å². The van der Waals surface area contributed by atoms with Crippen LogP contribution < -0.4 is 10.1 Å². The standard InChI is InChI=1S/C18H21F3N2O3.C2H6O.C2H6/c19-18(20,21)9-2-12-26-16-4-1-3-14(13-16)5-6-15(8-11-24)23-17(25)7-10-22;1-3-2;1-2/h1,3-4,11,13,15H,2,5-9,12H2,(H,23,25);1-2H3;1-2H3/t15-;;/m0../s1. The van der Waals surface area contributed by atoms with Gasteiger partial charge in [-0.15, -0.1) is 0 Å². The Balaban J connectivity index is 0. The molecule has 0 bridgehead atoms. The van der Waals surface area contributed by atoms with Crippen LogP contribution in [0.5, 0.6) is 5.75 Å². The molecule has 31 heavy (non-hydrogen) atoms. The van der Waals surface area contributed by atoms with Gasteiger partial charge >= 0.3 is 6.18 Å². The topological polar surface area (TPSA) is 88.4 Å². The molecule has 1 atom stereocenters. The Morgan fingerprint density at radius 3 is 2.48 bits per heavy atom. The van der Waals surface area contributed by atoms with Crippen LogP contribution in [0.25, 0.3) is 0 Å². The summed E-state index contributed by atoms with van der Waals surface area (Å²) in [6.07, 6.45) is -3.56. The van der Waals surface area contributed by atoms with E-state index in [1.165, 1.54) is 0 Å². The molecule has 0 fully saturated rings. The average Bonchev–Trinajstić information content (AvgIpc) is 2.72. The molecule has 0 saturated carbocycles. The summed E-state index contributed by atoms with van der Waals surface area (Å²) >= 11 is 0. The number of methoxy groups -OCH3 is 1. The Morgan fingerprint density at radius 1 is 1.29 bits per heavy atom. The van der Waals surface area contributed by atoms with Crippen LogP contribution in [0.4, 0.5) is 13.2 Å². The number of hydrogen-bond donors (Lipinski definition) is 1. The Kier molecular flexibility index (Phi) is 19.1. The third-order valence-electron chi connectivity index (χ3n) is 3.54. The largest absolute Gasteiger partial charge is 0.494 e. The monoisotopic (exact) mass is 446 g/mol. The molecule has 176 valence electrons. The minimum Gasteiger partial charge on any atom is -0.494 e. The van der Waals surface area contributed by atoms with Crippen molar-refractivity contribution >= 4 is 12.2 Å². The maximum Gasteiger partial charge on any atom is 0.389 e. The maximum absolute atomic E-state index is 12.1. The molecule has 0 spiro atoms. The van der Waals surface area contributed by atoms with Crippen LogP contribution >= 0.6 is 0 Å². The van der Waals surface area contributed by atoms with Gasteiger partial charge in [-0.05, 0) is 37.0 Å². The first kappa shape index (κ1) is 30.6. The molecule has 0 unspecified atom stereocenters. The van der Waals surface area contributed by atoms with Crippen molar-refractivity contribution < 1.29 is 32.2 Å². The highest BCUT2D eigenvalue weighted by Gasteiger charge is 2.26. The highest BCUT2D eigenvalue weighted by molar-refractivity contribution is 5.78. The molecular formula is C22H33F3N2O4. The third kappa shape index (κ3) is 19.1. The van der Waals surface area contributed by atoms with Crippen molar-refractivity contribution in [2.24, 2.45) is 0 Å². The van der Waals surface area contributed by atoms with Crippen LogP contribution in [0.3, 0.4) is 0 Å². The van der Waals surface area contributed by atoms with Gasteiger partial charge in [0.15, 0.2) is 0 Å².